The highest BCUT2D eigenvalue weighted by molar-refractivity contribution is 5.94. The van der Waals surface area contributed by atoms with E-state index in [1.165, 1.54) is 4.80 Å². The number of hydrogen-bond acceptors (Lipinski definition) is 4. The van der Waals surface area contributed by atoms with Crippen molar-refractivity contribution in [2.45, 2.75) is 98.8 Å². The van der Waals surface area contributed by atoms with Crippen LogP contribution in [-0.2, 0) is 16.2 Å². The van der Waals surface area contributed by atoms with Gasteiger partial charge in [-0.15, -0.1) is 15.0 Å². The topological polar surface area (TPSA) is 71.2 Å². The first-order chi connectivity index (χ1) is 17.8. The summed E-state index contributed by atoms with van der Waals surface area (Å²) in [7, 11) is 0. The molecule has 2 N–H and O–H groups in total. The Morgan fingerprint density at radius 3 is 1.95 bits per heavy atom. The Morgan fingerprint density at radius 1 is 0.692 bits per heavy atom. The lowest BCUT2D eigenvalue weighted by Gasteiger charge is -2.33. The monoisotopic (exact) mass is 527 g/mol. The van der Waals surface area contributed by atoms with Gasteiger partial charge in [-0.1, -0.05) is 100 Å². The summed E-state index contributed by atoms with van der Waals surface area (Å²) in [5.41, 5.74) is 6.38. The summed E-state index contributed by atoms with van der Waals surface area (Å²) in [6.45, 7) is 24.1. The second-order valence-corrected chi connectivity index (χ2v) is 14.9. The number of fused-ring (bicyclic) bond motifs is 1. The quantitative estimate of drug-likeness (QED) is 0.278. The van der Waals surface area contributed by atoms with Crippen LogP contribution in [0.25, 0.3) is 27.8 Å². The predicted octanol–water partition coefficient (Wildman–Crippen LogP) is 8.81. The third kappa shape index (κ3) is 5.83. The van der Waals surface area contributed by atoms with E-state index in [0.29, 0.717) is 16.7 Å². The molecule has 0 bridgehead atoms. The zero-order valence-electron chi connectivity index (χ0n) is 25.6. The summed E-state index contributed by atoms with van der Waals surface area (Å²) in [6.07, 6.45) is 0.988. The molecule has 0 fully saturated rings. The minimum absolute atomic E-state index is 0.0963. The summed E-state index contributed by atoms with van der Waals surface area (Å²) in [5, 5.41) is 32.0. The molecular formula is C34H45N3O2. The molecule has 1 heterocycles. The fourth-order valence-corrected chi connectivity index (χ4v) is 5.64. The largest absolute Gasteiger partial charge is 0.507 e. The first kappa shape index (κ1) is 28.7. The summed E-state index contributed by atoms with van der Waals surface area (Å²) in [6, 6.07) is 15.8. The lowest BCUT2D eigenvalue weighted by molar-refractivity contribution is 0.284. The van der Waals surface area contributed by atoms with Crippen LogP contribution in [0.15, 0.2) is 48.5 Å². The second-order valence-electron chi connectivity index (χ2n) is 14.9. The Hall–Kier alpha value is -3.34. The van der Waals surface area contributed by atoms with E-state index < -0.39 is 0 Å². The molecule has 0 saturated heterocycles. The molecule has 5 nitrogen and oxygen atoms in total. The highest BCUT2D eigenvalue weighted by Crippen LogP contribution is 2.44. The molecular weight excluding hydrogens is 482 g/mol. The standard InChI is InChI=1S/C34H45N3O2/c1-31(2,3)20-34(10,11)21-15-16-28(38)27(19-21)37-35-26-14-12-13-23(29(26)36-37)24-17-22(32(4,5)6)18-25(30(24)39)33(7,8)9/h12-19,38-39H,20H2,1-11H3. The molecule has 5 heteroatoms. The number of rotatable bonds is 4. The fourth-order valence-electron chi connectivity index (χ4n) is 5.64. The first-order valence-corrected chi connectivity index (χ1v) is 13.9. The molecule has 3 aromatic carbocycles. The van der Waals surface area contributed by atoms with Gasteiger partial charge in [-0.3, -0.25) is 0 Å². The molecule has 0 unspecified atom stereocenters. The molecule has 4 aromatic rings. The Bertz CT molecular complexity index is 1520. The molecule has 0 aliphatic rings. The molecule has 0 atom stereocenters. The van der Waals surface area contributed by atoms with E-state index in [0.717, 1.165) is 34.2 Å². The number of phenolic OH excluding ortho intramolecular Hbond substituents is 2. The Morgan fingerprint density at radius 2 is 1.36 bits per heavy atom. The zero-order valence-corrected chi connectivity index (χ0v) is 25.6. The maximum Gasteiger partial charge on any atom is 0.143 e. The van der Waals surface area contributed by atoms with Crippen LogP contribution < -0.4 is 0 Å². The number of phenols is 2. The van der Waals surface area contributed by atoms with Gasteiger partial charge in [-0.25, -0.2) is 0 Å². The average molecular weight is 528 g/mol. The lowest BCUT2D eigenvalue weighted by Crippen LogP contribution is -2.25. The fraction of sp³-hybridized carbons (Fsp3) is 0.471. The minimum atomic E-state index is -0.238. The highest BCUT2D eigenvalue weighted by atomic mass is 16.3. The molecule has 0 spiro atoms. The van der Waals surface area contributed by atoms with Gasteiger partial charge in [0.25, 0.3) is 0 Å². The van der Waals surface area contributed by atoms with Crippen LogP contribution in [0.4, 0.5) is 0 Å². The van der Waals surface area contributed by atoms with Crippen molar-refractivity contribution in [1.82, 2.24) is 15.0 Å². The van der Waals surface area contributed by atoms with Gasteiger partial charge in [0, 0.05) is 16.7 Å². The molecule has 39 heavy (non-hydrogen) atoms. The van der Waals surface area contributed by atoms with Gasteiger partial charge >= 0.3 is 0 Å². The van der Waals surface area contributed by atoms with Crippen molar-refractivity contribution in [1.29, 1.82) is 0 Å². The van der Waals surface area contributed by atoms with Crippen LogP contribution in [0, 0.1) is 5.41 Å². The van der Waals surface area contributed by atoms with E-state index in [1.54, 1.807) is 6.07 Å². The number of aromatic hydroxyl groups is 2. The molecule has 208 valence electrons. The van der Waals surface area contributed by atoms with Crippen LogP contribution in [-0.4, -0.2) is 25.2 Å². The third-order valence-corrected chi connectivity index (χ3v) is 7.43. The van der Waals surface area contributed by atoms with Crippen LogP contribution in [0.5, 0.6) is 11.5 Å². The smallest absolute Gasteiger partial charge is 0.143 e. The molecule has 0 amide bonds. The molecule has 0 radical (unpaired) electrons. The summed E-state index contributed by atoms with van der Waals surface area (Å²) < 4.78 is 0. The van der Waals surface area contributed by atoms with Gasteiger partial charge in [0.1, 0.15) is 28.2 Å². The Labute approximate surface area is 233 Å². The van der Waals surface area contributed by atoms with Gasteiger partial charge in [-0.2, -0.15) is 0 Å². The van der Waals surface area contributed by atoms with E-state index in [9.17, 15) is 10.2 Å². The highest BCUT2D eigenvalue weighted by Gasteiger charge is 2.29. The predicted molar refractivity (Wildman–Crippen MR) is 162 cm³/mol. The summed E-state index contributed by atoms with van der Waals surface area (Å²) in [4.78, 5) is 1.52. The number of benzene rings is 3. The maximum absolute atomic E-state index is 11.5. The van der Waals surface area contributed by atoms with Crippen LogP contribution in [0.1, 0.15) is 99.3 Å². The lowest BCUT2D eigenvalue weighted by atomic mass is 9.72. The van der Waals surface area contributed by atoms with E-state index in [2.05, 4.69) is 88.3 Å². The maximum atomic E-state index is 11.5. The minimum Gasteiger partial charge on any atom is -0.507 e. The normalized spacial score (nSPS) is 13.3. The van der Waals surface area contributed by atoms with E-state index >= 15 is 0 Å². The van der Waals surface area contributed by atoms with Crippen molar-refractivity contribution in [3.05, 3.63) is 65.2 Å². The van der Waals surface area contributed by atoms with E-state index in [4.69, 9.17) is 10.2 Å². The van der Waals surface area contributed by atoms with Crippen molar-refractivity contribution in [2.24, 2.45) is 5.41 Å². The summed E-state index contributed by atoms with van der Waals surface area (Å²) in [5.74, 6) is 0.395. The molecule has 1 aromatic heterocycles. The van der Waals surface area contributed by atoms with Gasteiger partial charge in [0.05, 0.1) is 0 Å². The van der Waals surface area contributed by atoms with E-state index in [-0.39, 0.29) is 33.2 Å². The SMILES string of the molecule is CC(C)(C)CC(C)(C)c1ccc(O)c(-n2nc3cccc(-c4cc(C(C)(C)C)cc(C(C)(C)C)c4O)c3n2)c1. The van der Waals surface area contributed by atoms with Crippen LogP contribution in [0.2, 0.25) is 0 Å². The zero-order chi connectivity index (χ0) is 29.1. The average Bonchev–Trinajstić information content (AvgIpc) is 3.20. The van der Waals surface area contributed by atoms with Crippen LogP contribution in [0.3, 0.4) is 0 Å². The van der Waals surface area contributed by atoms with Gasteiger partial charge < -0.3 is 10.2 Å². The number of aromatic nitrogens is 3. The van der Waals surface area contributed by atoms with E-state index in [1.807, 2.05) is 30.3 Å². The first-order valence-electron chi connectivity index (χ1n) is 13.9. The van der Waals surface area contributed by atoms with Crippen molar-refractivity contribution in [3.63, 3.8) is 0 Å². The summed E-state index contributed by atoms with van der Waals surface area (Å²) >= 11 is 0. The van der Waals surface area contributed by atoms with Gasteiger partial charge in [0.2, 0.25) is 0 Å². The van der Waals surface area contributed by atoms with Crippen molar-refractivity contribution in [2.75, 3.05) is 0 Å². The second kappa shape index (κ2) is 9.39. The number of hydrogen-bond donors (Lipinski definition) is 2. The Kier molecular flexibility index (Phi) is 6.90. The van der Waals surface area contributed by atoms with Gasteiger partial charge in [-0.05, 0) is 63.5 Å². The third-order valence-electron chi connectivity index (χ3n) is 7.43. The van der Waals surface area contributed by atoms with Crippen molar-refractivity contribution < 1.29 is 10.2 Å². The van der Waals surface area contributed by atoms with Gasteiger partial charge in [0.15, 0.2) is 0 Å². The Balaban J connectivity index is 1.92. The van der Waals surface area contributed by atoms with Crippen LogP contribution >= 0.6 is 0 Å². The molecule has 0 aliphatic carbocycles. The van der Waals surface area contributed by atoms with Crippen molar-refractivity contribution >= 4 is 11.0 Å². The molecule has 4 rings (SSSR count). The van der Waals surface area contributed by atoms with Crippen molar-refractivity contribution in [3.8, 4) is 28.3 Å². The number of nitrogens with zero attached hydrogens (tertiary/aromatic N) is 3. The molecule has 0 saturated carbocycles. The molecule has 0 aliphatic heterocycles.